The highest BCUT2D eigenvalue weighted by atomic mass is 35.6. The third-order valence-corrected chi connectivity index (χ3v) is 1.36. The van der Waals surface area contributed by atoms with E-state index in [0.717, 1.165) is 6.26 Å². The molecule has 0 aromatic rings. The first-order valence-corrected chi connectivity index (χ1v) is 5.93. The average Bonchev–Trinajstić information content (AvgIpc) is 1.94. The Labute approximate surface area is 95.5 Å². The highest BCUT2D eigenvalue weighted by Gasteiger charge is 2.22. The van der Waals surface area contributed by atoms with E-state index in [1.807, 2.05) is 0 Å². The Morgan fingerprint density at radius 3 is 2.29 bits per heavy atom. The molecule has 6 nitrogen and oxygen atoms in total. The van der Waals surface area contributed by atoms with Gasteiger partial charge in [0.25, 0.3) is 10.1 Å². The number of rotatable bonds is 3. The Kier molecular flexibility index (Phi) is 5.24. The number of nitrogens with one attached hydrogen (secondary N) is 1. The molecule has 10 heteroatoms. The molecule has 0 spiro atoms. The van der Waals surface area contributed by atoms with E-state index in [1.54, 1.807) is 0 Å². The van der Waals surface area contributed by atoms with Crippen LogP contribution in [0.3, 0.4) is 0 Å². The number of carbonyl (C=O) groups is 1. The standard InChI is InChI=1S/C4H6Cl3NO5S/c1-14(10,11)13-8-3(9)12-2-4(5,6)7/h2H2,1H3,(H,8,9). The Bertz CT molecular complexity index is 297. The first-order valence-electron chi connectivity index (χ1n) is 2.98. The molecule has 84 valence electrons. The van der Waals surface area contributed by atoms with E-state index < -0.39 is 26.6 Å². The number of carbonyl (C=O) groups excluding carboxylic acids is 1. The van der Waals surface area contributed by atoms with E-state index in [0.29, 0.717) is 0 Å². The van der Waals surface area contributed by atoms with E-state index >= 15 is 0 Å². The Morgan fingerprint density at radius 2 is 1.93 bits per heavy atom. The predicted octanol–water partition coefficient (Wildman–Crippen LogP) is 0.974. The summed E-state index contributed by atoms with van der Waals surface area (Å²) in [6.45, 7) is -0.531. The van der Waals surface area contributed by atoms with E-state index in [-0.39, 0.29) is 0 Å². The van der Waals surface area contributed by atoms with Crippen molar-refractivity contribution in [2.45, 2.75) is 3.79 Å². The maximum Gasteiger partial charge on any atom is 0.432 e. The predicted molar refractivity (Wildman–Crippen MR) is 50.7 cm³/mol. The summed E-state index contributed by atoms with van der Waals surface area (Å²) in [6, 6.07) is 0. The van der Waals surface area contributed by atoms with Crippen molar-refractivity contribution >= 4 is 51.0 Å². The van der Waals surface area contributed by atoms with Crippen LogP contribution in [0.25, 0.3) is 0 Å². The second-order valence-corrected chi connectivity index (χ2v) is 6.17. The summed E-state index contributed by atoms with van der Waals surface area (Å²) in [4.78, 5) is 10.6. The van der Waals surface area contributed by atoms with E-state index in [1.165, 1.54) is 5.48 Å². The first kappa shape index (κ1) is 14.1. The minimum absolute atomic E-state index is 0.531. The maximum absolute atomic E-state index is 10.6. The molecule has 0 aromatic heterocycles. The molecule has 1 amide bonds. The molecule has 1 N–H and O–H groups in total. The van der Waals surface area contributed by atoms with Crippen LogP contribution in [-0.4, -0.2) is 31.2 Å². The Hall–Kier alpha value is 0.0500. The van der Waals surface area contributed by atoms with Gasteiger partial charge in [0, 0.05) is 0 Å². The van der Waals surface area contributed by atoms with Gasteiger partial charge in [0.2, 0.25) is 3.79 Å². The quantitative estimate of drug-likeness (QED) is 0.617. The largest absolute Gasteiger partial charge is 0.443 e. The van der Waals surface area contributed by atoms with Gasteiger partial charge < -0.3 is 4.74 Å². The molecule has 0 aliphatic heterocycles. The van der Waals surface area contributed by atoms with Gasteiger partial charge in [-0.15, -0.1) is 4.28 Å². The van der Waals surface area contributed by atoms with Crippen molar-refractivity contribution in [2.24, 2.45) is 0 Å². The molecule has 0 saturated heterocycles. The summed E-state index contributed by atoms with van der Waals surface area (Å²) in [5.41, 5.74) is 1.47. The van der Waals surface area contributed by atoms with Crippen LogP contribution in [0.5, 0.6) is 0 Å². The van der Waals surface area contributed by atoms with E-state index in [4.69, 9.17) is 34.8 Å². The van der Waals surface area contributed by atoms with E-state index in [2.05, 4.69) is 9.02 Å². The lowest BCUT2D eigenvalue weighted by molar-refractivity contribution is 0.104. The average molecular weight is 287 g/mol. The summed E-state index contributed by atoms with van der Waals surface area (Å²) in [5, 5.41) is 0. The van der Waals surface area contributed by atoms with Crippen LogP contribution in [0.1, 0.15) is 0 Å². The second-order valence-electron chi connectivity index (χ2n) is 2.08. The van der Waals surface area contributed by atoms with Gasteiger partial charge >= 0.3 is 6.09 Å². The van der Waals surface area contributed by atoms with Crippen molar-refractivity contribution in [3.8, 4) is 0 Å². The van der Waals surface area contributed by atoms with Crippen molar-refractivity contribution in [1.82, 2.24) is 5.48 Å². The topological polar surface area (TPSA) is 81.7 Å². The lowest BCUT2D eigenvalue weighted by Crippen LogP contribution is -2.29. The fourth-order valence-electron chi connectivity index (χ4n) is 0.287. The van der Waals surface area contributed by atoms with E-state index in [9.17, 15) is 13.2 Å². The Morgan fingerprint density at radius 1 is 1.43 bits per heavy atom. The zero-order valence-electron chi connectivity index (χ0n) is 6.79. The molecule has 0 bridgehead atoms. The molecule has 0 saturated carbocycles. The highest BCUT2D eigenvalue weighted by molar-refractivity contribution is 7.85. The molecule has 0 heterocycles. The van der Waals surface area contributed by atoms with Crippen LogP contribution in [0, 0.1) is 0 Å². The molecule has 0 atom stereocenters. The fourth-order valence-corrected chi connectivity index (χ4v) is 0.670. The summed E-state index contributed by atoms with van der Waals surface area (Å²) in [6.07, 6.45) is -0.441. The zero-order valence-corrected chi connectivity index (χ0v) is 9.87. The van der Waals surface area contributed by atoms with Crippen LogP contribution in [0.15, 0.2) is 0 Å². The van der Waals surface area contributed by atoms with Gasteiger partial charge in [-0.25, -0.2) is 4.79 Å². The number of hydrogen-bond donors (Lipinski definition) is 1. The number of amides is 1. The molecule has 0 aliphatic rings. The van der Waals surface area contributed by atoms with Gasteiger partial charge in [-0.05, 0) is 0 Å². The second kappa shape index (κ2) is 5.22. The SMILES string of the molecule is CS(=O)(=O)ONC(=O)OCC(Cl)(Cl)Cl. The number of hydrogen-bond acceptors (Lipinski definition) is 5. The smallest absolute Gasteiger partial charge is 0.432 e. The van der Waals surface area contributed by atoms with Crippen molar-refractivity contribution in [2.75, 3.05) is 12.9 Å². The van der Waals surface area contributed by atoms with Crippen LogP contribution in [0.2, 0.25) is 0 Å². The minimum Gasteiger partial charge on any atom is -0.443 e. The molecule has 0 aliphatic carbocycles. The summed E-state index contributed by atoms with van der Waals surface area (Å²) < 4.78 is 27.1. The van der Waals surface area contributed by atoms with Crippen molar-refractivity contribution in [1.29, 1.82) is 0 Å². The van der Waals surface area contributed by atoms with Crippen LogP contribution in [-0.2, 0) is 19.1 Å². The fraction of sp³-hybridized carbons (Fsp3) is 0.750. The highest BCUT2D eigenvalue weighted by Crippen LogP contribution is 2.25. The van der Waals surface area contributed by atoms with Gasteiger partial charge in [0.15, 0.2) is 0 Å². The summed E-state index contributed by atoms with van der Waals surface area (Å²) >= 11 is 15.7. The number of hydroxylamine groups is 1. The third kappa shape index (κ3) is 10.1. The molecule has 0 unspecified atom stereocenters. The van der Waals surface area contributed by atoms with Gasteiger partial charge in [-0.1, -0.05) is 34.8 Å². The van der Waals surface area contributed by atoms with Gasteiger partial charge in [-0.3, -0.25) is 0 Å². The Balaban J connectivity index is 3.79. The summed E-state index contributed by atoms with van der Waals surface area (Å²) in [7, 11) is -3.78. The lowest BCUT2D eigenvalue weighted by atomic mass is 10.8. The van der Waals surface area contributed by atoms with Crippen molar-refractivity contribution in [3.63, 3.8) is 0 Å². The molecule has 0 rings (SSSR count). The van der Waals surface area contributed by atoms with Crippen LogP contribution < -0.4 is 5.48 Å². The third-order valence-electron chi connectivity index (χ3n) is 0.643. The molecule has 0 fully saturated rings. The molecule has 0 aromatic carbocycles. The number of halogens is 3. The van der Waals surface area contributed by atoms with Crippen molar-refractivity contribution in [3.05, 3.63) is 0 Å². The maximum atomic E-state index is 10.6. The number of alkyl halides is 3. The van der Waals surface area contributed by atoms with Crippen molar-refractivity contribution < 1.29 is 22.2 Å². The zero-order chi connectivity index (χ0) is 11.4. The normalized spacial score (nSPS) is 12.3. The first-order chi connectivity index (χ1) is 6.10. The molecule has 14 heavy (non-hydrogen) atoms. The van der Waals surface area contributed by atoms with Crippen LogP contribution >= 0.6 is 34.8 Å². The minimum atomic E-state index is -3.78. The molecular formula is C4H6Cl3NO5S. The van der Waals surface area contributed by atoms with Gasteiger partial charge in [-0.2, -0.15) is 13.9 Å². The molecular weight excluding hydrogens is 280 g/mol. The monoisotopic (exact) mass is 285 g/mol. The van der Waals surface area contributed by atoms with Gasteiger partial charge in [0.05, 0.1) is 6.26 Å². The number of ether oxygens (including phenoxy) is 1. The van der Waals surface area contributed by atoms with Crippen LogP contribution in [0.4, 0.5) is 4.79 Å². The lowest BCUT2D eigenvalue weighted by Gasteiger charge is -2.10. The van der Waals surface area contributed by atoms with Gasteiger partial charge in [0.1, 0.15) is 6.61 Å². The summed E-state index contributed by atoms with van der Waals surface area (Å²) in [5.74, 6) is 0. The molecule has 0 radical (unpaired) electrons.